The van der Waals surface area contributed by atoms with E-state index in [2.05, 4.69) is 4.74 Å². The van der Waals surface area contributed by atoms with Gasteiger partial charge in [-0.05, 0) is 38.7 Å². The van der Waals surface area contributed by atoms with Gasteiger partial charge in [-0.15, -0.1) is 11.6 Å². The van der Waals surface area contributed by atoms with Gasteiger partial charge in [0.1, 0.15) is 4.87 Å². The average molecular weight is 407 g/mol. The normalized spacial score (nSPS) is 18.8. The van der Waals surface area contributed by atoms with Crippen LogP contribution in [-0.2, 0) is 25.5 Å². The fourth-order valence-corrected chi connectivity index (χ4v) is 3.85. The van der Waals surface area contributed by atoms with Gasteiger partial charge < -0.3 is 4.74 Å². The fraction of sp³-hybridized carbons (Fsp3) is 0.421. The minimum atomic E-state index is -1.49. The standard InChI is InChI=1S/C19H19ClN2O6/c1-19(20,18(25)28-2)10-11-7-8-12(9-15(11)22(26)27)21-16(23)13-5-3-4-6-14(13)17(21)24/h7-9H,3-6,10H2,1-2H3. The molecule has 1 heterocycles. The molecule has 1 aliphatic carbocycles. The van der Waals surface area contributed by atoms with E-state index in [1.165, 1.54) is 32.2 Å². The van der Waals surface area contributed by atoms with Crippen molar-refractivity contribution in [2.24, 2.45) is 0 Å². The summed E-state index contributed by atoms with van der Waals surface area (Å²) in [5.41, 5.74) is 1.02. The second kappa shape index (κ2) is 7.35. The van der Waals surface area contributed by atoms with E-state index in [-0.39, 0.29) is 23.4 Å². The van der Waals surface area contributed by atoms with E-state index in [1.54, 1.807) is 0 Å². The lowest BCUT2D eigenvalue weighted by molar-refractivity contribution is -0.385. The monoisotopic (exact) mass is 406 g/mol. The fourth-order valence-electron chi connectivity index (χ4n) is 3.63. The minimum absolute atomic E-state index is 0.134. The van der Waals surface area contributed by atoms with Crippen molar-refractivity contribution in [2.75, 3.05) is 12.0 Å². The lowest BCUT2D eigenvalue weighted by Crippen LogP contribution is -2.33. The van der Waals surface area contributed by atoms with Gasteiger partial charge in [-0.1, -0.05) is 6.07 Å². The summed E-state index contributed by atoms with van der Waals surface area (Å²) >= 11 is 6.17. The van der Waals surface area contributed by atoms with Crippen LogP contribution in [0.15, 0.2) is 29.3 Å². The van der Waals surface area contributed by atoms with Gasteiger partial charge in [0.15, 0.2) is 0 Å². The van der Waals surface area contributed by atoms with Crippen molar-refractivity contribution in [3.8, 4) is 0 Å². The number of imide groups is 1. The molecule has 0 N–H and O–H groups in total. The second-order valence-electron chi connectivity index (χ2n) is 7.05. The Balaban J connectivity index is 1.96. The molecule has 1 aliphatic heterocycles. The van der Waals surface area contributed by atoms with Crippen LogP contribution in [-0.4, -0.2) is 34.7 Å². The number of esters is 1. The molecular weight excluding hydrogens is 388 g/mol. The van der Waals surface area contributed by atoms with Gasteiger partial charge in [0, 0.05) is 29.2 Å². The van der Waals surface area contributed by atoms with Crippen LogP contribution in [0, 0.1) is 10.1 Å². The van der Waals surface area contributed by atoms with E-state index < -0.39 is 27.6 Å². The zero-order valence-electron chi connectivity index (χ0n) is 15.5. The van der Waals surface area contributed by atoms with Crippen molar-refractivity contribution < 1.29 is 24.0 Å². The van der Waals surface area contributed by atoms with Crippen molar-refractivity contribution in [3.05, 3.63) is 45.0 Å². The Morgan fingerprint density at radius 3 is 2.32 bits per heavy atom. The van der Waals surface area contributed by atoms with Crippen LogP contribution in [0.4, 0.5) is 11.4 Å². The quantitative estimate of drug-likeness (QED) is 0.244. The molecule has 148 valence electrons. The molecule has 8 nitrogen and oxygen atoms in total. The number of hydrogen-bond donors (Lipinski definition) is 0. The average Bonchev–Trinajstić information content (AvgIpc) is 2.92. The summed E-state index contributed by atoms with van der Waals surface area (Å²) in [5.74, 6) is -1.55. The highest BCUT2D eigenvalue weighted by atomic mass is 35.5. The lowest BCUT2D eigenvalue weighted by atomic mass is 9.93. The second-order valence-corrected chi connectivity index (χ2v) is 7.88. The predicted molar refractivity (Wildman–Crippen MR) is 101 cm³/mol. The molecule has 0 aromatic heterocycles. The molecular formula is C19H19ClN2O6. The molecule has 28 heavy (non-hydrogen) atoms. The Bertz CT molecular complexity index is 893. The Morgan fingerprint density at radius 2 is 1.82 bits per heavy atom. The molecule has 1 aromatic rings. The number of methoxy groups -OCH3 is 1. The largest absolute Gasteiger partial charge is 0.468 e. The highest BCUT2D eigenvalue weighted by Gasteiger charge is 2.41. The number of anilines is 1. The summed E-state index contributed by atoms with van der Waals surface area (Å²) in [6, 6.07) is 4.05. The Labute approximate surface area is 166 Å². The summed E-state index contributed by atoms with van der Waals surface area (Å²) in [6.45, 7) is 1.41. The Kier molecular flexibility index (Phi) is 5.25. The summed E-state index contributed by atoms with van der Waals surface area (Å²) in [7, 11) is 1.18. The first-order valence-electron chi connectivity index (χ1n) is 8.83. The van der Waals surface area contributed by atoms with E-state index in [4.69, 9.17) is 11.6 Å². The number of nitro benzene ring substituents is 1. The van der Waals surface area contributed by atoms with Crippen LogP contribution in [0.3, 0.4) is 0 Å². The maximum absolute atomic E-state index is 12.7. The van der Waals surface area contributed by atoms with Crippen molar-refractivity contribution >= 4 is 40.8 Å². The lowest BCUT2D eigenvalue weighted by Gasteiger charge is -2.20. The minimum Gasteiger partial charge on any atom is -0.468 e. The molecule has 0 fully saturated rings. The third kappa shape index (κ3) is 3.40. The Hall–Kier alpha value is -2.74. The van der Waals surface area contributed by atoms with Crippen LogP contribution in [0.5, 0.6) is 0 Å². The van der Waals surface area contributed by atoms with Crippen molar-refractivity contribution in [2.45, 2.75) is 43.9 Å². The van der Waals surface area contributed by atoms with E-state index in [9.17, 15) is 24.5 Å². The zero-order valence-corrected chi connectivity index (χ0v) is 16.2. The molecule has 0 saturated heterocycles. The third-order valence-electron chi connectivity index (χ3n) is 5.05. The maximum atomic E-state index is 12.7. The molecule has 2 amide bonds. The summed E-state index contributed by atoms with van der Waals surface area (Å²) in [4.78, 5) is 47.6. The van der Waals surface area contributed by atoms with Gasteiger partial charge in [0.25, 0.3) is 17.5 Å². The maximum Gasteiger partial charge on any atom is 0.326 e. The molecule has 0 bridgehead atoms. The predicted octanol–water partition coefficient (Wildman–Crippen LogP) is 3.05. The molecule has 0 radical (unpaired) electrons. The number of nitro groups is 1. The van der Waals surface area contributed by atoms with E-state index in [0.29, 0.717) is 24.0 Å². The van der Waals surface area contributed by atoms with Crippen LogP contribution >= 0.6 is 11.6 Å². The number of carbonyl (C=O) groups is 3. The van der Waals surface area contributed by atoms with Gasteiger partial charge in [-0.3, -0.25) is 24.5 Å². The molecule has 2 aliphatic rings. The van der Waals surface area contributed by atoms with Gasteiger partial charge in [0.2, 0.25) is 0 Å². The number of nitrogens with zero attached hydrogens (tertiary/aromatic N) is 2. The summed E-state index contributed by atoms with van der Waals surface area (Å²) in [5, 5.41) is 11.6. The molecule has 1 unspecified atom stereocenters. The molecule has 0 spiro atoms. The van der Waals surface area contributed by atoms with E-state index in [0.717, 1.165) is 17.7 Å². The first-order valence-corrected chi connectivity index (χ1v) is 9.20. The van der Waals surface area contributed by atoms with Gasteiger partial charge in [-0.25, -0.2) is 4.90 Å². The number of alkyl halides is 1. The smallest absolute Gasteiger partial charge is 0.326 e. The van der Waals surface area contributed by atoms with Crippen molar-refractivity contribution in [1.29, 1.82) is 0 Å². The molecule has 1 atom stereocenters. The molecule has 0 saturated carbocycles. The Morgan fingerprint density at radius 1 is 1.25 bits per heavy atom. The highest BCUT2D eigenvalue weighted by molar-refractivity contribution is 6.34. The number of carbonyl (C=O) groups excluding carboxylic acids is 3. The van der Waals surface area contributed by atoms with E-state index in [1.807, 2.05) is 0 Å². The highest BCUT2D eigenvalue weighted by Crippen LogP contribution is 2.38. The summed E-state index contributed by atoms with van der Waals surface area (Å²) in [6.07, 6.45) is 2.62. The number of amides is 2. The van der Waals surface area contributed by atoms with Crippen LogP contribution in [0.25, 0.3) is 0 Å². The van der Waals surface area contributed by atoms with E-state index >= 15 is 0 Å². The van der Waals surface area contributed by atoms with Crippen molar-refractivity contribution in [1.82, 2.24) is 0 Å². The van der Waals surface area contributed by atoms with Crippen molar-refractivity contribution in [3.63, 3.8) is 0 Å². The third-order valence-corrected chi connectivity index (χ3v) is 5.34. The number of hydrogen-bond acceptors (Lipinski definition) is 6. The van der Waals surface area contributed by atoms with Crippen LogP contribution in [0.2, 0.25) is 0 Å². The van der Waals surface area contributed by atoms with Crippen LogP contribution < -0.4 is 4.90 Å². The zero-order chi connectivity index (χ0) is 20.6. The molecule has 1 aromatic carbocycles. The van der Waals surface area contributed by atoms with Gasteiger partial charge >= 0.3 is 5.97 Å². The summed E-state index contributed by atoms with van der Waals surface area (Å²) < 4.78 is 4.63. The first kappa shape index (κ1) is 20.0. The number of ether oxygens (including phenoxy) is 1. The van der Waals surface area contributed by atoms with Gasteiger partial charge in [-0.2, -0.15) is 0 Å². The topological polar surface area (TPSA) is 107 Å². The number of rotatable bonds is 5. The first-order chi connectivity index (χ1) is 13.2. The SMILES string of the molecule is COC(=O)C(C)(Cl)Cc1ccc(N2C(=O)C3=C(CCCC3)C2=O)cc1[N+](=O)[O-]. The van der Waals surface area contributed by atoms with Gasteiger partial charge in [0.05, 0.1) is 17.7 Å². The molecule has 3 rings (SSSR count). The molecule has 9 heteroatoms. The number of benzene rings is 1. The number of halogens is 1. The van der Waals surface area contributed by atoms with Crippen LogP contribution in [0.1, 0.15) is 38.2 Å².